The maximum absolute atomic E-state index is 13.0. The Balaban J connectivity index is 1.23. The molecule has 0 bridgehead atoms. The SMILES string of the molecule is O=C(CSc1nc2ccccc2[nH]1)N1CCC[C@H]1C(O)Oc1ccccc1N1C=CCC1. The van der Waals surface area contributed by atoms with Crippen molar-refractivity contribution in [3.05, 3.63) is 60.8 Å². The fraction of sp³-hybridized carbons (Fsp3) is 0.333. The van der Waals surface area contributed by atoms with E-state index in [9.17, 15) is 9.90 Å². The lowest BCUT2D eigenvalue weighted by molar-refractivity contribution is -0.137. The summed E-state index contributed by atoms with van der Waals surface area (Å²) >= 11 is 1.38. The maximum atomic E-state index is 13.0. The molecule has 3 heterocycles. The van der Waals surface area contributed by atoms with Crippen molar-refractivity contribution in [2.45, 2.75) is 36.8 Å². The Bertz CT molecular complexity index is 1100. The summed E-state index contributed by atoms with van der Waals surface area (Å²) in [6, 6.07) is 15.1. The number of aliphatic hydroxyl groups is 1. The van der Waals surface area contributed by atoms with Crippen molar-refractivity contribution in [2.24, 2.45) is 0 Å². The van der Waals surface area contributed by atoms with E-state index in [1.54, 1.807) is 4.90 Å². The number of likely N-dealkylation sites (tertiary alicyclic amines) is 1. The molecule has 2 atom stereocenters. The number of nitrogens with zero attached hydrogens (tertiary/aromatic N) is 3. The van der Waals surface area contributed by atoms with Crippen LogP contribution in [0.25, 0.3) is 11.0 Å². The molecular formula is C24H26N4O3S. The van der Waals surface area contributed by atoms with E-state index in [0.29, 0.717) is 18.7 Å². The summed E-state index contributed by atoms with van der Waals surface area (Å²) in [5, 5.41) is 11.6. The Morgan fingerprint density at radius 2 is 2.06 bits per heavy atom. The number of aromatic amines is 1. The number of ether oxygens (including phenoxy) is 1. The third-order valence-electron chi connectivity index (χ3n) is 5.89. The molecule has 1 saturated heterocycles. The van der Waals surface area contributed by atoms with E-state index in [1.807, 2.05) is 54.7 Å². The lowest BCUT2D eigenvalue weighted by atomic mass is 10.2. The molecule has 3 aromatic rings. The average molecular weight is 451 g/mol. The quantitative estimate of drug-likeness (QED) is 0.421. The van der Waals surface area contributed by atoms with Gasteiger partial charge in [0, 0.05) is 19.3 Å². The molecular weight excluding hydrogens is 424 g/mol. The van der Waals surface area contributed by atoms with Crippen LogP contribution in [0.1, 0.15) is 19.3 Å². The van der Waals surface area contributed by atoms with Gasteiger partial charge >= 0.3 is 0 Å². The van der Waals surface area contributed by atoms with Crippen LogP contribution in [-0.4, -0.2) is 57.1 Å². The summed E-state index contributed by atoms with van der Waals surface area (Å²) in [4.78, 5) is 24.6. The van der Waals surface area contributed by atoms with Gasteiger partial charge in [0.15, 0.2) is 5.16 Å². The first-order valence-corrected chi connectivity index (χ1v) is 11.9. The van der Waals surface area contributed by atoms with Crippen molar-refractivity contribution in [2.75, 3.05) is 23.7 Å². The number of hydrogen-bond donors (Lipinski definition) is 2. The average Bonchev–Trinajstić information content (AvgIpc) is 3.58. The Kier molecular flexibility index (Phi) is 6.05. The topological polar surface area (TPSA) is 81.7 Å². The van der Waals surface area contributed by atoms with Crippen LogP contribution in [0.4, 0.5) is 5.69 Å². The zero-order valence-corrected chi connectivity index (χ0v) is 18.5. The molecule has 1 unspecified atom stereocenters. The van der Waals surface area contributed by atoms with Crippen LogP contribution in [0.15, 0.2) is 66.0 Å². The van der Waals surface area contributed by atoms with Gasteiger partial charge in [-0.25, -0.2) is 4.98 Å². The second-order valence-corrected chi connectivity index (χ2v) is 8.95. The number of carbonyl (C=O) groups excluding carboxylic acids is 1. The monoisotopic (exact) mass is 450 g/mol. The highest BCUT2D eigenvalue weighted by Gasteiger charge is 2.35. The highest BCUT2D eigenvalue weighted by atomic mass is 32.2. The lowest BCUT2D eigenvalue weighted by Gasteiger charge is -2.30. The molecule has 7 nitrogen and oxygen atoms in total. The minimum atomic E-state index is -1.08. The van der Waals surface area contributed by atoms with E-state index < -0.39 is 6.29 Å². The Morgan fingerprint density at radius 3 is 2.91 bits per heavy atom. The van der Waals surface area contributed by atoms with Crippen molar-refractivity contribution in [1.82, 2.24) is 14.9 Å². The summed E-state index contributed by atoms with van der Waals surface area (Å²) in [5.74, 6) is 0.872. The fourth-order valence-corrected chi connectivity index (χ4v) is 5.07. The van der Waals surface area contributed by atoms with Crippen molar-refractivity contribution >= 4 is 34.4 Å². The summed E-state index contributed by atoms with van der Waals surface area (Å²) in [5.41, 5.74) is 2.77. The van der Waals surface area contributed by atoms with Crippen LogP contribution in [0.3, 0.4) is 0 Å². The fourth-order valence-electron chi connectivity index (χ4n) is 4.30. The second kappa shape index (κ2) is 9.26. The highest BCUT2D eigenvalue weighted by Crippen LogP contribution is 2.32. The van der Waals surface area contributed by atoms with Crippen molar-refractivity contribution < 1.29 is 14.6 Å². The van der Waals surface area contributed by atoms with Crippen molar-refractivity contribution in [3.63, 3.8) is 0 Å². The van der Waals surface area contributed by atoms with Crippen LogP contribution in [0, 0.1) is 0 Å². The standard InChI is InChI=1S/C24H26N4O3S/c29-22(16-32-24-25-17-8-1-2-9-18(17)26-24)28-15-7-11-20(28)23(30)31-21-12-4-3-10-19(21)27-13-5-6-14-27/h1-5,8-10,12-13,20,23,30H,6-7,11,14-16H2,(H,25,26)/t20-,23?/m0/s1. The van der Waals surface area contributed by atoms with Crippen molar-refractivity contribution in [1.29, 1.82) is 0 Å². The van der Waals surface area contributed by atoms with Gasteiger partial charge in [0.2, 0.25) is 12.2 Å². The minimum absolute atomic E-state index is 0.0173. The summed E-state index contributed by atoms with van der Waals surface area (Å²) in [6.07, 6.45) is 5.63. The van der Waals surface area contributed by atoms with Gasteiger partial charge in [0.25, 0.3) is 0 Å². The molecule has 2 aromatic carbocycles. The zero-order valence-electron chi connectivity index (χ0n) is 17.7. The van der Waals surface area contributed by atoms with Gasteiger partial charge in [-0.05, 0) is 43.5 Å². The number of thioether (sulfide) groups is 1. The molecule has 2 N–H and O–H groups in total. The largest absolute Gasteiger partial charge is 0.461 e. The third kappa shape index (κ3) is 4.33. The first kappa shape index (κ1) is 20.9. The summed E-state index contributed by atoms with van der Waals surface area (Å²) in [6.45, 7) is 1.52. The first-order valence-electron chi connectivity index (χ1n) is 10.9. The van der Waals surface area contributed by atoms with Gasteiger partial charge in [0.05, 0.1) is 28.5 Å². The van der Waals surface area contributed by atoms with Gasteiger partial charge < -0.3 is 24.6 Å². The van der Waals surface area contributed by atoms with E-state index in [-0.39, 0.29) is 17.7 Å². The van der Waals surface area contributed by atoms with Gasteiger partial charge in [-0.15, -0.1) is 0 Å². The molecule has 2 aliphatic heterocycles. The van der Waals surface area contributed by atoms with Crippen LogP contribution in [0.2, 0.25) is 0 Å². The van der Waals surface area contributed by atoms with Gasteiger partial charge in [-0.3, -0.25) is 4.79 Å². The molecule has 0 saturated carbocycles. The number of hydrogen-bond acceptors (Lipinski definition) is 6. The molecule has 0 radical (unpaired) electrons. The Labute approximate surface area is 191 Å². The molecule has 2 aliphatic rings. The van der Waals surface area contributed by atoms with Crippen molar-refractivity contribution in [3.8, 4) is 5.75 Å². The lowest BCUT2D eigenvalue weighted by Crippen LogP contribution is -2.46. The number of H-pyrrole nitrogens is 1. The number of carbonyl (C=O) groups is 1. The summed E-state index contributed by atoms with van der Waals surface area (Å²) < 4.78 is 5.99. The van der Waals surface area contributed by atoms with E-state index in [1.165, 1.54) is 11.8 Å². The van der Waals surface area contributed by atoms with Crippen LogP contribution in [-0.2, 0) is 4.79 Å². The van der Waals surface area contributed by atoms with Gasteiger partial charge in [-0.1, -0.05) is 42.1 Å². The van der Waals surface area contributed by atoms with E-state index in [0.717, 1.165) is 41.3 Å². The number of imidazole rings is 1. The number of anilines is 1. The number of fused-ring (bicyclic) bond motifs is 1. The number of benzene rings is 2. The predicted octanol–water partition coefficient (Wildman–Crippen LogP) is 3.77. The van der Waals surface area contributed by atoms with Crippen LogP contribution < -0.4 is 9.64 Å². The van der Waals surface area contributed by atoms with Crippen LogP contribution in [0.5, 0.6) is 5.75 Å². The number of amides is 1. The maximum Gasteiger partial charge on any atom is 0.233 e. The van der Waals surface area contributed by atoms with Gasteiger partial charge in [-0.2, -0.15) is 0 Å². The Morgan fingerprint density at radius 1 is 1.22 bits per heavy atom. The first-order chi connectivity index (χ1) is 15.7. The predicted molar refractivity (Wildman–Crippen MR) is 126 cm³/mol. The number of aliphatic hydroxyl groups excluding tert-OH is 1. The number of para-hydroxylation sites is 4. The molecule has 8 heteroatoms. The molecule has 32 heavy (non-hydrogen) atoms. The third-order valence-corrected chi connectivity index (χ3v) is 6.75. The molecule has 1 aromatic heterocycles. The number of nitrogens with one attached hydrogen (secondary N) is 1. The molecule has 166 valence electrons. The minimum Gasteiger partial charge on any atom is -0.461 e. The molecule has 1 fully saturated rings. The van der Waals surface area contributed by atoms with Gasteiger partial charge in [0.1, 0.15) is 5.75 Å². The second-order valence-electron chi connectivity index (χ2n) is 7.99. The summed E-state index contributed by atoms with van der Waals surface area (Å²) in [7, 11) is 0. The van der Waals surface area contributed by atoms with E-state index in [2.05, 4.69) is 20.9 Å². The van der Waals surface area contributed by atoms with Crippen LogP contribution >= 0.6 is 11.8 Å². The smallest absolute Gasteiger partial charge is 0.233 e. The molecule has 1 amide bonds. The Hall–Kier alpha value is -2.97. The van der Waals surface area contributed by atoms with E-state index in [4.69, 9.17) is 4.74 Å². The highest BCUT2D eigenvalue weighted by molar-refractivity contribution is 7.99. The normalized spacial score (nSPS) is 19.1. The molecule has 5 rings (SSSR count). The number of rotatable bonds is 7. The molecule has 0 spiro atoms. The number of aromatic nitrogens is 2. The zero-order chi connectivity index (χ0) is 21.9. The molecule has 0 aliphatic carbocycles. The van der Waals surface area contributed by atoms with E-state index >= 15 is 0 Å².